The summed E-state index contributed by atoms with van der Waals surface area (Å²) in [5, 5.41) is 3.24. The highest BCUT2D eigenvalue weighted by Crippen LogP contribution is 2.24. The van der Waals surface area contributed by atoms with Gasteiger partial charge in [0.15, 0.2) is 0 Å². The van der Waals surface area contributed by atoms with Crippen LogP contribution in [0.25, 0.3) is 0 Å². The summed E-state index contributed by atoms with van der Waals surface area (Å²) in [6.07, 6.45) is 2.77. The summed E-state index contributed by atoms with van der Waals surface area (Å²) in [5.74, 6) is 1.91. The molecule has 0 fully saturated rings. The molecule has 0 aliphatic rings. The number of halogens is 2. The van der Waals surface area contributed by atoms with Crippen molar-refractivity contribution in [2.75, 3.05) is 11.9 Å². The van der Waals surface area contributed by atoms with E-state index in [2.05, 4.69) is 38.1 Å². The normalized spacial score (nSPS) is 10.6. The number of nitrogens with zero attached hydrogens (tertiary/aromatic N) is 2. The standard InChI is InChI=1S/C14H15BrFN3S/c1-2-6-17-14-12(15)8-18-13(19-14)9-20-11-5-3-4-10(16)7-11/h3-5,7-8H,2,6,9H2,1H3,(H,17,18,19). The minimum atomic E-state index is -0.225. The van der Waals surface area contributed by atoms with Crippen molar-refractivity contribution in [3.8, 4) is 0 Å². The van der Waals surface area contributed by atoms with E-state index in [1.54, 1.807) is 12.3 Å². The van der Waals surface area contributed by atoms with Crippen LogP contribution >= 0.6 is 27.7 Å². The fourth-order valence-corrected chi connectivity index (χ4v) is 2.68. The van der Waals surface area contributed by atoms with Crippen LogP contribution in [0, 0.1) is 5.82 Å². The van der Waals surface area contributed by atoms with E-state index in [1.807, 2.05) is 6.07 Å². The number of rotatable bonds is 6. The smallest absolute Gasteiger partial charge is 0.144 e. The van der Waals surface area contributed by atoms with Gasteiger partial charge in [0.1, 0.15) is 17.5 Å². The van der Waals surface area contributed by atoms with Gasteiger partial charge >= 0.3 is 0 Å². The van der Waals surface area contributed by atoms with Gasteiger partial charge in [0.2, 0.25) is 0 Å². The highest BCUT2D eigenvalue weighted by Gasteiger charge is 2.05. The molecule has 0 atom stereocenters. The minimum absolute atomic E-state index is 0.225. The molecule has 2 aromatic rings. The van der Waals surface area contributed by atoms with Crippen molar-refractivity contribution in [1.29, 1.82) is 0 Å². The van der Waals surface area contributed by atoms with E-state index in [0.29, 0.717) is 5.75 Å². The van der Waals surface area contributed by atoms with Crippen molar-refractivity contribution in [3.63, 3.8) is 0 Å². The Labute approximate surface area is 130 Å². The van der Waals surface area contributed by atoms with Crippen LogP contribution in [-0.4, -0.2) is 16.5 Å². The van der Waals surface area contributed by atoms with E-state index in [9.17, 15) is 4.39 Å². The Balaban J connectivity index is 2.02. The third-order valence-electron chi connectivity index (χ3n) is 2.50. The lowest BCUT2D eigenvalue weighted by Crippen LogP contribution is -2.05. The first-order valence-electron chi connectivity index (χ1n) is 6.32. The largest absolute Gasteiger partial charge is 0.369 e. The monoisotopic (exact) mass is 355 g/mol. The summed E-state index contributed by atoms with van der Waals surface area (Å²) in [5.41, 5.74) is 0. The molecule has 0 spiro atoms. The van der Waals surface area contributed by atoms with Crippen LogP contribution in [-0.2, 0) is 5.75 Å². The highest BCUT2D eigenvalue weighted by molar-refractivity contribution is 9.10. The zero-order valence-electron chi connectivity index (χ0n) is 11.1. The highest BCUT2D eigenvalue weighted by atomic mass is 79.9. The first kappa shape index (κ1) is 15.3. The molecule has 0 aliphatic carbocycles. The number of nitrogens with one attached hydrogen (secondary N) is 1. The van der Waals surface area contributed by atoms with Gasteiger partial charge in [-0.05, 0) is 40.5 Å². The van der Waals surface area contributed by atoms with Crippen LogP contribution in [0.2, 0.25) is 0 Å². The number of benzene rings is 1. The molecule has 1 aromatic heterocycles. The molecule has 0 amide bonds. The van der Waals surface area contributed by atoms with E-state index >= 15 is 0 Å². The molecule has 0 aliphatic heterocycles. The Bertz CT molecular complexity index is 580. The van der Waals surface area contributed by atoms with Gasteiger partial charge in [0.25, 0.3) is 0 Å². The lowest BCUT2D eigenvalue weighted by atomic mass is 10.4. The molecule has 106 valence electrons. The molecular weight excluding hydrogens is 341 g/mol. The molecular formula is C14H15BrFN3S. The molecule has 1 heterocycles. The maximum atomic E-state index is 13.1. The first-order chi connectivity index (χ1) is 9.69. The summed E-state index contributed by atoms with van der Waals surface area (Å²) in [4.78, 5) is 9.61. The van der Waals surface area contributed by atoms with Crippen LogP contribution in [0.5, 0.6) is 0 Å². The zero-order valence-corrected chi connectivity index (χ0v) is 13.5. The lowest BCUT2D eigenvalue weighted by molar-refractivity contribution is 0.624. The molecule has 0 unspecified atom stereocenters. The third-order valence-corrected chi connectivity index (χ3v) is 4.07. The average Bonchev–Trinajstić information content (AvgIpc) is 2.45. The van der Waals surface area contributed by atoms with Gasteiger partial charge in [0.05, 0.1) is 10.2 Å². The molecule has 3 nitrogen and oxygen atoms in total. The average molecular weight is 356 g/mol. The van der Waals surface area contributed by atoms with Crippen LogP contribution in [0.3, 0.4) is 0 Å². The molecule has 2 rings (SSSR count). The van der Waals surface area contributed by atoms with Gasteiger partial charge in [0, 0.05) is 17.6 Å². The maximum absolute atomic E-state index is 13.1. The van der Waals surface area contributed by atoms with E-state index < -0.39 is 0 Å². The first-order valence-corrected chi connectivity index (χ1v) is 8.10. The SMILES string of the molecule is CCCNc1nc(CSc2cccc(F)c2)ncc1Br. The fourth-order valence-electron chi connectivity index (χ4n) is 1.55. The van der Waals surface area contributed by atoms with Crippen LogP contribution < -0.4 is 5.32 Å². The number of hydrogen-bond acceptors (Lipinski definition) is 4. The number of hydrogen-bond donors (Lipinski definition) is 1. The number of thioether (sulfide) groups is 1. The summed E-state index contributed by atoms with van der Waals surface area (Å²) >= 11 is 4.94. The van der Waals surface area contributed by atoms with Crippen molar-refractivity contribution < 1.29 is 4.39 Å². The Kier molecular flexibility index (Phi) is 5.79. The Morgan fingerprint density at radius 3 is 3.00 bits per heavy atom. The van der Waals surface area contributed by atoms with Crippen LogP contribution in [0.15, 0.2) is 39.8 Å². The third kappa shape index (κ3) is 4.45. The van der Waals surface area contributed by atoms with Crippen molar-refractivity contribution in [3.05, 3.63) is 46.6 Å². The topological polar surface area (TPSA) is 37.8 Å². The van der Waals surface area contributed by atoms with Crippen molar-refractivity contribution >= 4 is 33.5 Å². The lowest BCUT2D eigenvalue weighted by Gasteiger charge is -2.08. The van der Waals surface area contributed by atoms with E-state index in [0.717, 1.165) is 34.0 Å². The van der Waals surface area contributed by atoms with Gasteiger partial charge in [-0.2, -0.15) is 0 Å². The molecule has 0 radical (unpaired) electrons. The second-order valence-corrected chi connectivity index (χ2v) is 6.06. The molecule has 0 saturated carbocycles. The molecule has 1 N–H and O–H groups in total. The maximum Gasteiger partial charge on any atom is 0.144 e. The second-order valence-electron chi connectivity index (χ2n) is 4.16. The van der Waals surface area contributed by atoms with E-state index in [1.165, 1.54) is 23.9 Å². The quantitative estimate of drug-likeness (QED) is 0.774. The Morgan fingerprint density at radius 1 is 1.40 bits per heavy atom. The van der Waals surface area contributed by atoms with Gasteiger partial charge < -0.3 is 5.32 Å². The molecule has 1 aromatic carbocycles. The second kappa shape index (κ2) is 7.59. The van der Waals surface area contributed by atoms with Crippen molar-refractivity contribution in [2.24, 2.45) is 0 Å². The fraction of sp³-hybridized carbons (Fsp3) is 0.286. The summed E-state index contributed by atoms with van der Waals surface area (Å²) in [6.45, 7) is 2.97. The minimum Gasteiger partial charge on any atom is -0.369 e. The van der Waals surface area contributed by atoms with Crippen LogP contribution in [0.1, 0.15) is 19.2 Å². The van der Waals surface area contributed by atoms with Crippen LogP contribution in [0.4, 0.5) is 10.2 Å². The number of aromatic nitrogens is 2. The Hall–Kier alpha value is -1.14. The van der Waals surface area contributed by atoms with E-state index in [-0.39, 0.29) is 5.82 Å². The van der Waals surface area contributed by atoms with Gasteiger partial charge in [-0.1, -0.05) is 13.0 Å². The predicted octanol–water partition coefficient (Wildman–Crippen LogP) is 4.49. The number of anilines is 1. The van der Waals surface area contributed by atoms with Gasteiger partial charge in [-0.15, -0.1) is 11.8 Å². The van der Waals surface area contributed by atoms with E-state index in [4.69, 9.17) is 0 Å². The molecule has 0 bridgehead atoms. The van der Waals surface area contributed by atoms with Crippen molar-refractivity contribution in [2.45, 2.75) is 24.0 Å². The Morgan fingerprint density at radius 2 is 2.25 bits per heavy atom. The summed E-state index contributed by atoms with van der Waals surface area (Å²) in [6, 6.07) is 6.53. The van der Waals surface area contributed by atoms with Gasteiger partial charge in [-0.3, -0.25) is 0 Å². The summed E-state index contributed by atoms with van der Waals surface area (Å²) < 4.78 is 13.9. The predicted molar refractivity (Wildman–Crippen MR) is 84.5 cm³/mol. The van der Waals surface area contributed by atoms with Crippen molar-refractivity contribution in [1.82, 2.24) is 9.97 Å². The zero-order chi connectivity index (χ0) is 14.4. The molecule has 0 saturated heterocycles. The molecule has 6 heteroatoms. The summed E-state index contributed by atoms with van der Waals surface area (Å²) in [7, 11) is 0. The van der Waals surface area contributed by atoms with Gasteiger partial charge in [-0.25, -0.2) is 14.4 Å². The molecule has 20 heavy (non-hydrogen) atoms.